The molecule has 0 saturated heterocycles. The van der Waals surface area contributed by atoms with Gasteiger partial charge in [-0.25, -0.2) is 4.98 Å². The molecule has 74 heavy (non-hydrogen) atoms. The Kier molecular flexibility index (Phi) is 13.2. The van der Waals surface area contributed by atoms with Crippen molar-refractivity contribution >= 4 is 32.8 Å². The minimum absolute atomic E-state index is 0. The number of rotatable bonds is 6. The molecule has 0 amide bonds. The van der Waals surface area contributed by atoms with Crippen LogP contribution in [0.5, 0.6) is 5.75 Å². The molecular weight excluding hydrogens is 1080 g/mol. The Balaban J connectivity index is 0.00000672. The normalized spacial score (nSPS) is 12.7. The maximum Gasteiger partial charge on any atom is 0.148 e. The molecule has 0 unspecified atom stereocenters. The molecule has 0 bridgehead atoms. The van der Waals surface area contributed by atoms with E-state index in [2.05, 4.69) is 240 Å². The number of imidazole rings is 1. The van der Waals surface area contributed by atoms with Crippen LogP contribution in [0.4, 0.5) is 0 Å². The maximum absolute atomic E-state index is 11.5. The van der Waals surface area contributed by atoms with Crippen LogP contribution in [0.25, 0.3) is 89.1 Å². The van der Waals surface area contributed by atoms with Gasteiger partial charge in [-0.1, -0.05) is 176 Å². The van der Waals surface area contributed by atoms with E-state index in [0.29, 0.717) is 11.4 Å². The number of phenols is 1. The second-order valence-electron chi connectivity index (χ2n) is 25.4. The van der Waals surface area contributed by atoms with Crippen molar-refractivity contribution in [2.45, 2.75) is 131 Å². The Hall–Kier alpha value is -6.55. The van der Waals surface area contributed by atoms with Crippen LogP contribution in [-0.4, -0.2) is 24.2 Å². The van der Waals surface area contributed by atoms with Gasteiger partial charge in [-0.15, -0.1) is 29.3 Å². The number of hydrogen-bond donors (Lipinski definition) is 1. The summed E-state index contributed by atoms with van der Waals surface area (Å²) in [6, 6.07) is 56.5. The van der Waals surface area contributed by atoms with Gasteiger partial charge in [0.15, 0.2) is 0 Å². The average molecular weight is 1160 g/mol. The van der Waals surface area contributed by atoms with Gasteiger partial charge in [0.05, 0.1) is 27.6 Å². The zero-order valence-electron chi connectivity index (χ0n) is 46.0. The molecule has 0 radical (unpaired) electrons. The molecule has 0 spiro atoms. The monoisotopic (exact) mass is 1150 g/mol. The molecule has 0 fully saturated rings. The van der Waals surface area contributed by atoms with Gasteiger partial charge in [-0.2, -0.15) is 0 Å². The predicted molar refractivity (Wildman–Crippen MR) is 309 cm³/mol. The standard InChI is InChI=1S/C68H71N4O.Pt/c1-64(2,3)45-28-29-58-55(39-45)56-41-49(68(13,14)15)40-54(62(56)71(58)50-22-17-16-18-23-50)42-30-31-69-57(35-42)44-32-43(33-46(34-44)65(4,5)6)52-25-21-26-59-61(52)70-63(53-24-19-20-27-60(53)73)72(59)51-37-47(66(7,8)9)36-48(38-51)67(10,11)12;/h16-31,33-41,73H,1-15H3;/q-1;. The first kappa shape index (κ1) is 52.3. The predicted octanol–water partition coefficient (Wildman–Crippen LogP) is 18.2. The quantitative estimate of drug-likeness (QED) is 0.169. The molecular formula is C68H71N4OPt-. The molecule has 0 aliphatic rings. The molecule has 380 valence electrons. The second kappa shape index (κ2) is 18.7. The minimum Gasteiger partial charge on any atom is -0.507 e. The summed E-state index contributed by atoms with van der Waals surface area (Å²) >= 11 is 0. The average Bonchev–Trinajstić information content (AvgIpc) is 3.89. The number of phenolic OH excluding ortho intramolecular Hbond substituents is 1. The van der Waals surface area contributed by atoms with Crippen LogP contribution in [0.2, 0.25) is 0 Å². The number of nitrogens with zero attached hydrogens (tertiary/aromatic N) is 4. The van der Waals surface area contributed by atoms with E-state index in [9.17, 15) is 5.11 Å². The van der Waals surface area contributed by atoms with Crippen molar-refractivity contribution in [1.29, 1.82) is 0 Å². The third-order valence-electron chi connectivity index (χ3n) is 14.7. The molecule has 0 saturated carbocycles. The van der Waals surface area contributed by atoms with Gasteiger partial charge >= 0.3 is 0 Å². The molecule has 1 N–H and O–H groups in total. The van der Waals surface area contributed by atoms with Gasteiger partial charge in [0.2, 0.25) is 0 Å². The Labute approximate surface area is 454 Å². The van der Waals surface area contributed by atoms with E-state index in [0.717, 1.165) is 55.9 Å². The molecule has 10 aromatic rings. The van der Waals surface area contributed by atoms with Crippen LogP contribution in [0, 0.1) is 6.07 Å². The molecule has 3 heterocycles. The van der Waals surface area contributed by atoms with Crippen molar-refractivity contribution in [3.8, 4) is 62.0 Å². The zero-order valence-corrected chi connectivity index (χ0v) is 48.3. The molecule has 7 aromatic carbocycles. The number of hydrogen-bond acceptors (Lipinski definition) is 3. The molecule has 10 rings (SSSR count). The summed E-state index contributed by atoms with van der Waals surface area (Å²) in [4.78, 5) is 10.7. The van der Waals surface area contributed by atoms with Gasteiger partial charge in [0.25, 0.3) is 0 Å². The number of benzene rings is 7. The van der Waals surface area contributed by atoms with E-state index in [4.69, 9.17) is 9.97 Å². The fourth-order valence-corrected chi connectivity index (χ4v) is 10.2. The molecule has 0 aliphatic carbocycles. The fourth-order valence-electron chi connectivity index (χ4n) is 10.2. The smallest absolute Gasteiger partial charge is 0.148 e. The third kappa shape index (κ3) is 9.70. The minimum atomic E-state index is -0.197. The Morgan fingerprint density at radius 1 is 0.432 bits per heavy atom. The topological polar surface area (TPSA) is 55.9 Å². The van der Waals surface area contributed by atoms with E-state index in [1.807, 2.05) is 24.4 Å². The van der Waals surface area contributed by atoms with Crippen LogP contribution < -0.4 is 0 Å². The van der Waals surface area contributed by atoms with Gasteiger partial charge in [-0.05, 0) is 128 Å². The first-order valence-corrected chi connectivity index (χ1v) is 26.0. The van der Waals surface area contributed by atoms with Crippen molar-refractivity contribution < 1.29 is 26.2 Å². The van der Waals surface area contributed by atoms with E-state index in [1.54, 1.807) is 6.07 Å². The summed E-state index contributed by atoms with van der Waals surface area (Å²) in [7, 11) is 0. The SMILES string of the molecule is CC(C)(C)c1cc(-c2cc(-c3cc(C(C)(C)C)cc4c5cc(C(C)(C)C)ccc5n(-c5ccccc5)c34)ccn2)[c-]c(-c2cccc3c2nc(-c2ccccc2O)n3-c2cc(C(C)(C)C)cc(C(C)(C)C)c2)c1.[Pt]. The van der Waals surface area contributed by atoms with E-state index >= 15 is 0 Å². The van der Waals surface area contributed by atoms with Crippen molar-refractivity contribution in [2.24, 2.45) is 0 Å². The zero-order chi connectivity index (χ0) is 52.2. The maximum atomic E-state index is 11.5. The number of pyridine rings is 1. The number of aromatic nitrogens is 4. The number of para-hydroxylation sites is 3. The second-order valence-corrected chi connectivity index (χ2v) is 25.4. The van der Waals surface area contributed by atoms with Crippen LogP contribution in [0.3, 0.4) is 0 Å². The molecule has 3 aromatic heterocycles. The summed E-state index contributed by atoms with van der Waals surface area (Å²) in [6.07, 6.45) is 1.96. The van der Waals surface area contributed by atoms with Crippen molar-refractivity contribution in [2.75, 3.05) is 0 Å². The molecule has 0 aliphatic heterocycles. The summed E-state index contributed by atoms with van der Waals surface area (Å²) in [6.45, 7) is 34.2. The van der Waals surface area contributed by atoms with Crippen LogP contribution in [0.1, 0.15) is 132 Å². The summed E-state index contributed by atoms with van der Waals surface area (Å²) in [5.41, 5.74) is 18.6. The van der Waals surface area contributed by atoms with Gasteiger partial charge < -0.3 is 9.67 Å². The van der Waals surface area contributed by atoms with E-state index < -0.39 is 0 Å². The summed E-state index contributed by atoms with van der Waals surface area (Å²) in [5.74, 6) is 0.863. The number of fused-ring (bicyclic) bond motifs is 4. The summed E-state index contributed by atoms with van der Waals surface area (Å²) in [5, 5.41) is 14.0. The fraction of sp³-hybridized carbons (Fsp3) is 0.294. The van der Waals surface area contributed by atoms with Crippen LogP contribution in [0.15, 0.2) is 152 Å². The molecule has 6 heteroatoms. The Bertz CT molecular complexity index is 3730. The van der Waals surface area contributed by atoms with Crippen molar-refractivity contribution in [3.05, 3.63) is 186 Å². The first-order valence-electron chi connectivity index (χ1n) is 26.0. The van der Waals surface area contributed by atoms with Crippen LogP contribution in [-0.2, 0) is 48.1 Å². The molecule has 5 nitrogen and oxygen atoms in total. The first-order chi connectivity index (χ1) is 34.3. The van der Waals surface area contributed by atoms with Gasteiger partial charge in [0, 0.05) is 60.7 Å². The molecule has 0 atom stereocenters. The van der Waals surface area contributed by atoms with E-state index in [1.165, 1.54) is 49.6 Å². The third-order valence-corrected chi connectivity index (χ3v) is 14.7. The van der Waals surface area contributed by atoms with E-state index in [-0.39, 0.29) is 53.9 Å². The van der Waals surface area contributed by atoms with Gasteiger partial charge in [0.1, 0.15) is 11.6 Å². The van der Waals surface area contributed by atoms with Gasteiger partial charge in [-0.3, -0.25) is 9.55 Å². The van der Waals surface area contributed by atoms with Crippen molar-refractivity contribution in [1.82, 2.24) is 19.1 Å². The Morgan fingerprint density at radius 2 is 1.00 bits per heavy atom. The van der Waals surface area contributed by atoms with Crippen molar-refractivity contribution in [3.63, 3.8) is 0 Å². The largest absolute Gasteiger partial charge is 0.507 e. The number of aromatic hydroxyl groups is 1. The van der Waals surface area contributed by atoms with Crippen LogP contribution >= 0.6 is 0 Å². The summed E-state index contributed by atoms with van der Waals surface area (Å²) < 4.78 is 4.69. The Morgan fingerprint density at radius 3 is 1.64 bits per heavy atom.